The van der Waals surface area contributed by atoms with Crippen LogP contribution in [0.25, 0.3) is 0 Å². The van der Waals surface area contributed by atoms with Crippen LogP contribution in [0.15, 0.2) is 40.9 Å². The SMILES string of the molecule is Cc1cc2c(cc1Cl)CC(c1cccc(Br)c1)O2. The van der Waals surface area contributed by atoms with Gasteiger partial charge in [0, 0.05) is 15.9 Å². The van der Waals surface area contributed by atoms with Crippen molar-refractivity contribution in [2.24, 2.45) is 0 Å². The first kappa shape index (κ1) is 12.1. The number of fused-ring (bicyclic) bond motifs is 1. The Bertz CT molecular complexity index is 578. The fourth-order valence-corrected chi connectivity index (χ4v) is 2.86. The van der Waals surface area contributed by atoms with Gasteiger partial charge < -0.3 is 4.74 Å². The lowest BCUT2D eigenvalue weighted by molar-refractivity contribution is 0.238. The van der Waals surface area contributed by atoms with Crippen LogP contribution in [-0.4, -0.2) is 0 Å². The molecule has 1 unspecified atom stereocenters. The first-order valence-corrected chi connectivity index (χ1v) is 7.02. The van der Waals surface area contributed by atoms with E-state index < -0.39 is 0 Å². The molecule has 0 aliphatic carbocycles. The van der Waals surface area contributed by atoms with E-state index in [9.17, 15) is 0 Å². The molecule has 0 bridgehead atoms. The van der Waals surface area contributed by atoms with Crippen LogP contribution in [0, 0.1) is 6.92 Å². The van der Waals surface area contributed by atoms with Crippen molar-refractivity contribution >= 4 is 27.5 Å². The molecular formula is C15H12BrClO. The zero-order chi connectivity index (χ0) is 12.7. The van der Waals surface area contributed by atoms with Crippen molar-refractivity contribution in [1.82, 2.24) is 0 Å². The van der Waals surface area contributed by atoms with Crippen LogP contribution < -0.4 is 4.74 Å². The Labute approximate surface area is 120 Å². The molecule has 1 aliphatic heterocycles. The minimum atomic E-state index is 0.0929. The average Bonchev–Trinajstić information content (AvgIpc) is 2.73. The number of rotatable bonds is 1. The smallest absolute Gasteiger partial charge is 0.128 e. The maximum Gasteiger partial charge on any atom is 0.128 e. The fraction of sp³-hybridized carbons (Fsp3) is 0.200. The van der Waals surface area contributed by atoms with Crippen molar-refractivity contribution in [1.29, 1.82) is 0 Å². The number of ether oxygens (including phenoxy) is 1. The Balaban J connectivity index is 1.93. The van der Waals surface area contributed by atoms with Crippen LogP contribution in [0.3, 0.4) is 0 Å². The van der Waals surface area contributed by atoms with Crippen molar-refractivity contribution in [2.75, 3.05) is 0 Å². The fourth-order valence-electron chi connectivity index (χ4n) is 2.25. The highest BCUT2D eigenvalue weighted by atomic mass is 79.9. The summed E-state index contributed by atoms with van der Waals surface area (Å²) in [7, 11) is 0. The van der Waals surface area contributed by atoms with E-state index in [0.717, 1.165) is 27.2 Å². The lowest BCUT2D eigenvalue weighted by Crippen LogP contribution is -2.02. The first-order chi connectivity index (χ1) is 8.63. The van der Waals surface area contributed by atoms with Gasteiger partial charge in [-0.25, -0.2) is 0 Å². The predicted molar refractivity (Wildman–Crippen MR) is 77.4 cm³/mol. The Hall–Kier alpha value is -0.990. The van der Waals surface area contributed by atoms with Gasteiger partial charge in [0.1, 0.15) is 11.9 Å². The highest BCUT2D eigenvalue weighted by Crippen LogP contribution is 2.39. The summed E-state index contributed by atoms with van der Waals surface area (Å²) in [6.45, 7) is 2.00. The molecule has 18 heavy (non-hydrogen) atoms. The molecule has 1 aliphatic rings. The van der Waals surface area contributed by atoms with E-state index >= 15 is 0 Å². The number of aryl methyl sites for hydroxylation is 1. The van der Waals surface area contributed by atoms with E-state index in [4.69, 9.17) is 16.3 Å². The van der Waals surface area contributed by atoms with E-state index in [2.05, 4.69) is 28.1 Å². The van der Waals surface area contributed by atoms with Crippen LogP contribution in [0.1, 0.15) is 22.8 Å². The molecule has 2 aromatic carbocycles. The normalized spacial score (nSPS) is 17.4. The highest BCUT2D eigenvalue weighted by molar-refractivity contribution is 9.10. The lowest BCUT2D eigenvalue weighted by atomic mass is 10.0. The Morgan fingerprint density at radius 1 is 1.28 bits per heavy atom. The van der Waals surface area contributed by atoms with Crippen molar-refractivity contribution in [3.05, 3.63) is 62.6 Å². The van der Waals surface area contributed by atoms with Crippen LogP contribution >= 0.6 is 27.5 Å². The quantitative estimate of drug-likeness (QED) is 0.710. The van der Waals surface area contributed by atoms with Gasteiger partial charge in [-0.2, -0.15) is 0 Å². The Morgan fingerprint density at radius 3 is 2.89 bits per heavy atom. The van der Waals surface area contributed by atoms with Crippen molar-refractivity contribution in [3.63, 3.8) is 0 Å². The maximum atomic E-state index is 6.15. The molecule has 0 aromatic heterocycles. The summed E-state index contributed by atoms with van der Waals surface area (Å²) in [5.41, 5.74) is 3.44. The largest absolute Gasteiger partial charge is 0.485 e. The van der Waals surface area contributed by atoms with Crippen LogP contribution in [0.4, 0.5) is 0 Å². The van der Waals surface area contributed by atoms with E-state index in [0.29, 0.717) is 0 Å². The van der Waals surface area contributed by atoms with Gasteiger partial charge in [0.05, 0.1) is 0 Å². The minimum absolute atomic E-state index is 0.0929. The molecule has 1 heterocycles. The molecule has 3 heteroatoms. The van der Waals surface area contributed by atoms with E-state index in [1.807, 2.05) is 31.2 Å². The van der Waals surface area contributed by atoms with Gasteiger partial charge >= 0.3 is 0 Å². The molecular weight excluding hydrogens is 312 g/mol. The van der Waals surface area contributed by atoms with Crippen molar-refractivity contribution in [3.8, 4) is 5.75 Å². The third kappa shape index (κ3) is 2.15. The van der Waals surface area contributed by atoms with Gasteiger partial charge in [0.25, 0.3) is 0 Å². The van der Waals surface area contributed by atoms with Crippen LogP contribution in [0.2, 0.25) is 5.02 Å². The number of halogens is 2. The van der Waals surface area contributed by atoms with Gasteiger partial charge in [-0.05, 0) is 47.9 Å². The number of benzene rings is 2. The summed E-state index contributed by atoms with van der Waals surface area (Å²) < 4.78 is 7.08. The molecule has 1 nitrogen and oxygen atoms in total. The number of hydrogen-bond acceptors (Lipinski definition) is 1. The molecule has 0 fully saturated rings. The summed E-state index contributed by atoms with van der Waals surface area (Å²) in [5.74, 6) is 0.960. The van der Waals surface area contributed by atoms with Crippen molar-refractivity contribution < 1.29 is 4.74 Å². The standard InChI is InChI=1S/C15H12BrClO/c1-9-5-14-11(7-13(9)17)8-15(18-14)10-3-2-4-12(16)6-10/h2-7,15H,8H2,1H3. The van der Waals surface area contributed by atoms with Gasteiger partial charge in [-0.1, -0.05) is 39.7 Å². The number of hydrogen-bond donors (Lipinski definition) is 0. The van der Waals surface area contributed by atoms with E-state index in [1.165, 1.54) is 11.1 Å². The molecule has 0 spiro atoms. The first-order valence-electron chi connectivity index (χ1n) is 5.84. The molecule has 1 atom stereocenters. The van der Waals surface area contributed by atoms with Crippen LogP contribution in [-0.2, 0) is 6.42 Å². The summed E-state index contributed by atoms with van der Waals surface area (Å²) in [6, 6.07) is 12.3. The summed E-state index contributed by atoms with van der Waals surface area (Å²) in [5, 5.41) is 0.812. The minimum Gasteiger partial charge on any atom is -0.485 e. The third-order valence-electron chi connectivity index (χ3n) is 3.24. The van der Waals surface area contributed by atoms with E-state index in [1.54, 1.807) is 0 Å². The topological polar surface area (TPSA) is 9.23 Å². The Morgan fingerprint density at radius 2 is 2.11 bits per heavy atom. The van der Waals surface area contributed by atoms with Gasteiger partial charge in [-0.3, -0.25) is 0 Å². The van der Waals surface area contributed by atoms with Gasteiger partial charge in [0.15, 0.2) is 0 Å². The van der Waals surface area contributed by atoms with Crippen molar-refractivity contribution in [2.45, 2.75) is 19.4 Å². The second kappa shape index (κ2) is 4.60. The van der Waals surface area contributed by atoms with Crippen LogP contribution in [0.5, 0.6) is 5.75 Å². The third-order valence-corrected chi connectivity index (χ3v) is 4.14. The molecule has 3 rings (SSSR count). The zero-order valence-electron chi connectivity index (χ0n) is 9.91. The molecule has 0 saturated heterocycles. The molecule has 92 valence electrons. The highest BCUT2D eigenvalue weighted by Gasteiger charge is 2.25. The van der Waals surface area contributed by atoms with Gasteiger partial charge in [-0.15, -0.1) is 0 Å². The molecule has 0 saturated carbocycles. The molecule has 2 aromatic rings. The summed E-state index contributed by atoms with van der Waals surface area (Å²) >= 11 is 9.64. The zero-order valence-corrected chi connectivity index (χ0v) is 12.3. The molecule has 0 radical (unpaired) electrons. The monoisotopic (exact) mass is 322 g/mol. The Kier molecular flexibility index (Phi) is 3.08. The second-order valence-electron chi connectivity index (χ2n) is 4.57. The average molecular weight is 324 g/mol. The van der Waals surface area contributed by atoms with E-state index in [-0.39, 0.29) is 6.10 Å². The van der Waals surface area contributed by atoms with Gasteiger partial charge in [0.2, 0.25) is 0 Å². The maximum absolute atomic E-state index is 6.15. The summed E-state index contributed by atoms with van der Waals surface area (Å²) in [6.07, 6.45) is 0.974. The molecule has 0 N–H and O–H groups in total. The second-order valence-corrected chi connectivity index (χ2v) is 5.90. The lowest BCUT2D eigenvalue weighted by Gasteiger charge is -2.11. The molecule has 0 amide bonds. The summed E-state index contributed by atoms with van der Waals surface area (Å²) in [4.78, 5) is 0. The predicted octanol–water partition coefficient (Wildman–Crippen LogP) is 5.09.